The highest BCUT2D eigenvalue weighted by molar-refractivity contribution is 8.00. The molecule has 0 bridgehead atoms. The monoisotopic (exact) mass is 291 g/mol. The number of thioether (sulfide) groups is 1. The van der Waals surface area contributed by atoms with Gasteiger partial charge in [-0.15, -0.1) is 11.8 Å². The van der Waals surface area contributed by atoms with Crippen molar-refractivity contribution in [3.05, 3.63) is 36.2 Å². The minimum atomic E-state index is -0.0594. The molecule has 1 amide bonds. The Balaban J connectivity index is 2.00. The van der Waals surface area contributed by atoms with E-state index >= 15 is 0 Å². The van der Waals surface area contributed by atoms with Crippen LogP contribution in [0.25, 0.3) is 0 Å². The number of fused-ring (bicyclic) bond motifs is 1. The fourth-order valence-electron chi connectivity index (χ4n) is 2.09. The van der Waals surface area contributed by atoms with Crippen LogP contribution in [-0.4, -0.2) is 26.4 Å². The Morgan fingerprint density at radius 3 is 3.05 bits per heavy atom. The summed E-state index contributed by atoms with van der Waals surface area (Å²) in [7, 11) is 0. The molecule has 0 spiro atoms. The summed E-state index contributed by atoms with van der Waals surface area (Å²) in [5, 5.41) is 0.507. The van der Waals surface area contributed by atoms with E-state index in [1.165, 1.54) is 6.20 Å². The van der Waals surface area contributed by atoms with E-state index in [9.17, 15) is 4.79 Å². The summed E-state index contributed by atoms with van der Waals surface area (Å²) in [6.07, 6.45) is 2.51. The molecule has 98 valence electrons. The first-order chi connectivity index (χ1) is 9.25. The smallest absolute Gasteiger partial charge is 0.279 e. The van der Waals surface area contributed by atoms with Gasteiger partial charge >= 0.3 is 0 Å². The van der Waals surface area contributed by atoms with E-state index in [0.717, 1.165) is 35.3 Å². The Bertz CT molecular complexity index is 585. The SMILES string of the molecule is C[C@@H]1CCN(C(=O)c2cnsn2)c2ccccc2S1. The van der Waals surface area contributed by atoms with E-state index in [1.807, 2.05) is 34.9 Å². The van der Waals surface area contributed by atoms with Gasteiger partial charge in [-0.1, -0.05) is 19.1 Å². The predicted octanol–water partition coefficient (Wildman–Crippen LogP) is 3.07. The van der Waals surface area contributed by atoms with E-state index in [2.05, 4.69) is 21.7 Å². The maximum Gasteiger partial charge on any atom is 0.279 e. The van der Waals surface area contributed by atoms with E-state index in [1.54, 1.807) is 0 Å². The standard InChI is InChI=1S/C13H13N3OS2/c1-9-6-7-16(13(17)10-8-14-19-15-10)11-4-2-3-5-12(11)18-9/h2-5,8-9H,6-7H2,1H3/t9-/m1/s1. The van der Waals surface area contributed by atoms with Gasteiger partial charge in [0.15, 0.2) is 5.69 Å². The minimum absolute atomic E-state index is 0.0594. The van der Waals surface area contributed by atoms with Crippen molar-refractivity contribution in [1.29, 1.82) is 0 Å². The van der Waals surface area contributed by atoms with Gasteiger partial charge in [0, 0.05) is 16.7 Å². The van der Waals surface area contributed by atoms with Crippen LogP contribution >= 0.6 is 23.5 Å². The second-order valence-electron chi connectivity index (χ2n) is 4.43. The van der Waals surface area contributed by atoms with Gasteiger partial charge in [-0.2, -0.15) is 8.75 Å². The Kier molecular flexibility index (Phi) is 3.52. The van der Waals surface area contributed by atoms with Crippen molar-refractivity contribution in [1.82, 2.24) is 8.75 Å². The molecule has 0 unspecified atom stereocenters. The number of hydrogen-bond donors (Lipinski definition) is 0. The van der Waals surface area contributed by atoms with Crippen LogP contribution in [0.4, 0.5) is 5.69 Å². The van der Waals surface area contributed by atoms with Crippen molar-refractivity contribution in [2.75, 3.05) is 11.4 Å². The Labute approximate surface area is 120 Å². The summed E-state index contributed by atoms with van der Waals surface area (Å²) in [6.45, 7) is 2.92. The molecule has 0 radical (unpaired) electrons. The molecule has 2 aromatic rings. The molecule has 0 aliphatic carbocycles. The molecule has 0 saturated carbocycles. The summed E-state index contributed by atoms with van der Waals surface area (Å²) in [6, 6.07) is 8.05. The van der Waals surface area contributed by atoms with Gasteiger partial charge in [0.1, 0.15) is 0 Å². The molecular weight excluding hydrogens is 278 g/mol. The van der Waals surface area contributed by atoms with Gasteiger partial charge in [0.25, 0.3) is 5.91 Å². The molecule has 0 saturated heterocycles. The van der Waals surface area contributed by atoms with Crippen LogP contribution in [0.1, 0.15) is 23.8 Å². The van der Waals surface area contributed by atoms with Gasteiger partial charge in [0.05, 0.1) is 23.6 Å². The maximum absolute atomic E-state index is 12.5. The third kappa shape index (κ3) is 2.50. The van der Waals surface area contributed by atoms with E-state index in [4.69, 9.17) is 0 Å². The van der Waals surface area contributed by atoms with Crippen LogP contribution in [0, 0.1) is 0 Å². The zero-order chi connectivity index (χ0) is 13.2. The first kappa shape index (κ1) is 12.6. The fourth-order valence-corrected chi connectivity index (χ4v) is 3.62. The number of rotatable bonds is 1. The van der Waals surface area contributed by atoms with Crippen LogP contribution in [0.5, 0.6) is 0 Å². The highest BCUT2D eigenvalue weighted by atomic mass is 32.2. The average Bonchev–Trinajstić information content (AvgIpc) is 2.89. The Hall–Kier alpha value is -1.40. The molecule has 1 aromatic carbocycles. The molecule has 3 rings (SSSR count). The molecule has 1 atom stereocenters. The van der Waals surface area contributed by atoms with Crippen molar-refractivity contribution < 1.29 is 4.79 Å². The average molecular weight is 291 g/mol. The molecule has 1 aliphatic rings. The molecule has 6 heteroatoms. The summed E-state index contributed by atoms with van der Waals surface area (Å²) in [4.78, 5) is 15.5. The third-order valence-electron chi connectivity index (χ3n) is 3.07. The van der Waals surface area contributed by atoms with E-state index in [-0.39, 0.29) is 5.91 Å². The summed E-state index contributed by atoms with van der Waals surface area (Å²) in [5.41, 5.74) is 1.41. The Morgan fingerprint density at radius 2 is 2.26 bits per heavy atom. The third-order valence-corrected chi connectivity index (χ3v) is 4.78. The molecule has 4 nitrogen and oxygen atoms in total. The van der Waals surface area contributed by atoms with Gasteiger partial charge < -0.3 is 4.90 Å². The predicted molar refractivity (Wildman–Crippen MR) is 78.0 cm³/mol. The summed E-state index contributed by atoms with van der Waals surface area (Å²) in [5.74, 6) is -0.0594. The molecule has 19 heavy (non-hydrogen) atoms. The highest BCUT2D eigenvalue weighted by Crippen LogP contribution is 2.37. The molecule has 1 aliphatic heterocycles. The lowest BCUT2D eigenvalue weighted by molar-refractivity contribution is 0.0982. The maximum atomic E-state index is 12.5. The molecular formula is C13H13N3OS2. The molecule has 0 fully saturated rings. The molecule has 0 N–H and O–H groups in total. The number of benzene rings is 1. The topological polar surface area (TPSA) is 46.1 Å². The summed E-state index contributed by atoms with van der Waals surface area (Å²) >= 11 is 2.89. The second-order valence-corrected chi connectivity index (χ2v) is 6.47. The quantitative estimate of drug-likeness (QED) is 0.810. The normalized spacial score (nSPS) is 18.8. The van der Waals surface area contributed by atoms with Gasteiger partial charge in [0.2, 0.25) is 0 Å². The first-order valence-electron chi connectivity index (χ1n) is 6.11. The zero-order valence-electron chi connectivity index (χ0n) is 10.4. The molecule has 2 heterocycles. The lowest BCUT2D eigenvalue weighted by Crippen LogP contribution is -2.32. The van der Waals surface area contributed by atoms with Crippen molar-refractivity contribution in [3.8, 4) is 0 Å². The number of anilines is 1. The van der Waals surface area contributed by atoms with Crippen molar-refractivity contribution >= 4 is 35.1 Å². The van der Waals surface area contributed by atoms with Gasteiger partial charge in [-0.05, 0) is 18.6 Å². The number of nitrogens with zero attached hydrogens (tertiary/aromatic N) is 3. The number of aromatic nitrogens is 2. The second kappa shape index (κ2) is 5.30. The fraction of sp³-hybridized carbons (Fsp3) is 0.308. The number of amides is 1. The van der Waals surface area contributed by atoms with Crippen LogP contribution < -0.4 is 4.90 Å². The summed E-state index contributed by atoms with van der Waals surface area (Å²) < 4.78 is 7.96. The van der Waals surface area contributed by atoms with E-state index < -0.39 is 0 Å². The van der Waals surface area contributed by atoms with Crippen LogP contribution in [0.3, 0.4) is 0 Å². The van der Waals surface area contributed by atoms with Gasteiger partial charge in [-0.25, -0.2) is 0 Å². The van der Waals surface area contributed by atoms with Crippen LogP contribution in [0.2, 0.25) is 0 Å². The lowest BCUT2D eigenvalue weighted by atomic mass is 10.2. The van der Waals surface area contributed by atoms with Crippen molar-refractivity contribution in [2.24, 2.45) is 0 Å². The highest BCUT2D eigenvalue weighted by Gasteiger charge is 2.26. The minimum Gasteiger partial charge on any atom is -0.306 e. The van der Waals surface area contributed by atoms with Crippen LogP contribution in [-0.2, 0) is 0 Å². The zero-order valence-corrected chi connectivity index (χ0v) is 12.1. The number of para-hydroxylation sites is 1. The van der Waals surface area contributed by atoms with Crippen molar-refractivity contribution in [3.63, 3.8) is 0 Å². The van der Waals surface area contributed by atoms with E-state index in [0.29, 0.717) is 10.9 Å². The molecule has 1 aromatic heterocycles. The first-order valence-corrected chi connectivity index (χ1v) is 7.72. The number of carbonyl (C=O) groups is 1. The van der Waals surface area contributed by atoms with Crippen molar-refractivity contribution in [2.45, 2.75) is 23.5 Å². The van der Waals surface area contributed by atoms with Crippen LogP contribution in [0.15, 0.2) is 35.4 Å². The lowest BCUT2D eigenvalue weighted by Gasteiger charge is -2.21. The van der Waals surface area contributed by atoms with Gasteiger partial charge in [-0.3, -0.25) is 4.79 Å². The number of hydrogen-bond acceptors (Lipinski definition) is 5. The largest absolute Gasteiger partial charge is 0.306 e. The number of carbonyl (C=O) groups excluding carboxylic acids is 1. The Morgan fingerprint density at radius 1 is 1.42 bits per heavy atom.